The van der Waals surface area contributed by atoms with Crippen LogP contribution in [0.25, 0.3) is 10.4 Å². The predicted molar refractivity (Wildman–Crippen MR) is 103 cm³/mol. The topological polar surface area (TPSA) is 77.2 Å². The van der Waals surface area contributed by atoms with Gasteiger partial charge in [-0.05, 0) is 54.9 Å². The maximum absolute atomic E-state index is 11.9. The van der Waals surface area contributed by atoms with Crippen molar-refractivity contribution in [2.24, 2.45) is 5.73 Å². The molecule has 132 valence electrons. The Kier molecular flexibility index (Phi) is 4.69. The summed E-state index contributed by atoms with van der Waals surface area (Å²) in [5.74, 6) is 1.39. The number of nitrogens with zero attached hydrogens (tertiary/aromatic N) is 1. The lowest BCUT2D eigenvalue weighted by Gasteiger charge is -2.06. The standard InChI is InChI=1S/C20H19N3O2S/c21-19(24)17-18(26-20(23-17)14-10-11-22-12-14)13-6-8-16(9-7-13)25-15-4-2-1-3-5-15/h1-9,14,22H,10-12H2,(H2,21,24). The molecule has 0 radical (unpaired) electrons. The minimum Gasteiger partial charge on any atom is -0.457 e. The van der Waals surface area contributed by atoms with Crippen LogP contribution in [0.1, 0.15) is 27.8 Å². The normalized spacial score (nSPS) is 16.5. The first-order valence-electron chi connectivity index (χ1n) is 8.55. The van der Waals surface area contributed by atoms with Crippen LogP contribution in [-0.2, 0) is 0 Å². The summed E-state index contributed by atoms with van der Waals surface area (Å²) in [7, 11) is 0. The van der Waals surface area contributed by atoms with Gasteiger partial charge in [-0.1, -0.05) is 18.2 Å². The summed E-state index contributed by atoms with van der Waals surface area (Å²) in [5, 5.41) is 4.31. The van der Waals surface area contributed by atoms with E-state index in [0.29, 0.717) is 11.6 Å². The van der Waals surface area contributed by atoms with Gasteiger partial charge in [0.25, 0.3) is 5.91 Å². The number of para-hydroxylation sites is 1. The fourth-order valence-electron chi connectivity index (χ4n) is 3.04. The number of rotatable bonds is 5. The molecule has 0 saturated carbocycles. The molecule has 1 unspecified atom stereocenters. The lowest BCUT2D eigenvalue weighted by Crippen LogP contribution is -2.13. The quantitative estimate of drug-likeness (QED) is 0.721. The average Bonchev–Trinajstić information content (AvgIpc) is 3.33. The number of hydrogen-bond donors (Lipinski definition) is 2. The first kappa shape index (κ1) is 16.8. The van der Waals surface area contributed by atoms with Crippen LogP contribution in [0.15, 0.2) is 54.6 Å². The number of nitrogens with one attached hydrogen (secondary N) is 1. The number of carbonyl (C=O) groups excluding carboxylic acids is 1. The van der Waals surface area contributed by atoms with Gasteiger partial charge in [0, 0.05) is 12.5 Å². The molecule has 0 spiro atoms. The second kappa shape index (κ2) is 7.27. The average molecular weight is 365 g/mol. The number of carbonyl (C=O) groups is 1. The number of aromatic nitrogens is 1. The Balaban J connectivity index is 1.61. The van der Waals surface area contributed by atoms with Gasteiger partial charge in [-0.3, -0.25) is 4.79 Å². The van der Waals surface area contributed by atoms with Crippen LogP contribution >= 0.6 is 11.3 Å². The second-order valence-electron chi connectivity index (χ2n) is 6.22. The molecule has 2 heterocycles. The lowest BCUT2D eigenvalue weighted by atomic mass is 10.1. The molecule has 3 N–H and O–H groups in total. The van der Waals surface area contributed by atoms with E-state index in [-0.39, 0.29) is 0 Å². The Morgan fingerprint density at radius 2 is 1.85 bits per heavy atom. The van der Waals surface area contributed by atoms with Crippen LogP contribution in [0, 0.1) is 0 Å². The van der Waals surface area contributed by atoms with Gasteiger partial charge < -0.3 is 15.8 Å². The van der Waals surface area contributed by atoms with E-state index < -0.39 is 5.91 Å². The van der Waals surface area contributed by atoms with Crippen molar-refractivity contribution in [1.29, 1.82) is 0 Å². The molecule has 1 atom stereocenters. The Hall–Kier alpha value is -2.70. The molecule has 1 fully saturated rings. The molecule has 1 aromatic heterocycles. The molecule has 5 nitrogen and oxygen atoms in total. The Morgan fingerprint density at radius 1 is 1.12 bits per heavy atom. The van der Waals surface area contributed by atoms with Gasteiger partial charge in [0.1, 0.15) is 17.2 Å². The minimum atomic E-state index is -0.488. The zero-order valence-electron chi connectivity index (χ0n) is 14.1. The smallest absolute Gasteiger partial charge is 0.268 e. The Labute approximate surface area is 155 Å². The van der Waals surface area contributed by atoms with E-state index in [0.717, 1.165) is 46.5 Å². The monoisotopic (exact) mass is 365 g/mol. The van der Waals surface area contributed by atoms with E-state index in [1.54, 1.807) is 11.3 Å². The molecular formula is C20H19N3O2S. The number of hydrogen-bond acceptors (Lipinski definition) is 5. The highest BCUT2D eigenvalue weighted by atomic mass is 32.1. The van der Waals surface area contributed by atoms with Crippen molar-refractivity contribution in [3.63, 3.8) is 0 Å². The fraction of sp³-hybridized carbons (Fsp3) is 0.200. The van der Waals surface area contributed by atoms with E-state index in [2.05, 4.69) is 10.3 Å². The summed E-state index contributed by atoms with van der Waals surface area (Å²) in [6.45, 7) is 1.88. The molecule has 1 aliphatic rings. The summed E-state index contributed by atoms with van der Waals surface area (Å²) >= 11 is 1.56. The zero-order valence-corrected chi connectivity index (χ0v) is 15.0. The van der Waals surface area contributed by atoms with Crippen molar-refractivity contribution in [2.45, 2.75) is 12.3 Å². The van der Waals surface area contributed by atoms with Gasteiger partial charge in [0.15, 0.2) is 0 Å². The van der Waals surface area contributed by atoms with Crippen molar-refractivity contribution < 1.29 is 9.53 Å². The molecule has 2 aromatic carbocycles. The lowest BCUT2D eigenvalue weighted by molar-refractivity contribution is 0.0996. The molecule has 0 aliphatic carbocycles. The third-order valence-electron chi connectivity index (χ3n) is 4.38. The van der Waals surface area contributed by atoms with Crippen LogP contribution in [0.2, 0.25) is 0 Å². The summed E-state index contributed by atoms with van der Waals surface area (Å²) in [5.41, 5.74) is 6.84. The molecule has 0 bridgehead atoms. The molecule has 4 rings (SSSR count). The minimum absolute atomic E-state index is 0.354. The fourth-order valence-corrected chi connectivity index (χ4v) is 4.25. The maximum Gasteiger partial charge on any atom is 0.268 e. The highest BCUT2D eigenvalue weighted by Crippen LogP contribution is 2.36. The number of primary amides is 1. The van der Waals surface area contributed by atoms with Crippen LogP contribution < -0.4 is 15.8 Å². The van der Waals surface area contributed by atoms with E-state index in [1.807, 2.05) is 54.6 Å². The van der Waals surface area contributed by atoms with Crippen LogP contribution in [-0.4, -0.2) is 24.0 Å². The van der Waals surface area contributed by atoms with Crippen molar-refractivity contribution in [3.8, 4) is 21.9 Å². The Bertz CT molecular complexity index is 901. The van der Waals surface area contributed by atoms with Crippen LogP contribution in [0.4, 0.5) is 0 Å². The number of nitrogens with two attached hydrogens (primary N) is 1. The van der Waals surface area contributed by atoms with Crippen molar-refractivity contribution in [2.75, 3.05) is 13.1 Å². The third-order valence-corrected chi connectivity index (χ3v) is 5.65. The van der Waals surface area contributed by atoms with Gasteiger partial charge in [-0.15, -0.1) is 11.3 Å². The maximum atomic E-state index is 11.9. The van der Waals surface area contributed by atoms with Crippen molar-refractivity contribution in [3.05, 3.63) is 65.3 Å². The summed E-state index contributed by atoms with van der Waals surface area (Å²) < 4.78 is 5.82. The number of ether oxygens (including phenoxy) is 1. The summed E-state index contributed by atoms with van der Waals surface area (Å²) in [6.07, 6.45) is 1.04. The van der Waals surface area contributed by atoms with E-state index >= 15 is 0 Å². The van der Waals surface area contributed by atoms with Gasteiger partial charge >= 0.3 is 0 Å². The zero-order chi connectivity index (χ0) is 17.9. The Morgan fingerprint density at radius 3 is 2.50 bits per heavy atom. The number of benzene rings is 2. The van der Waals surface area contributed by atoms with Crippen molar-refractivity contribution in [1.82, 2.24) is 10.3 Å². The first-order chi connectivity index (χ1) is 12.7. The van der Waals surface area contributed by atoms with Gasteiger partial charge in [-0.2, -0.15) is 0 Å². The molecule has 1 amide bonds. The second-order valence-corrected chi connectivity index (χ2v) is 7.25. The molecule has 26 heavy (non-hydrogen) atoms. The van der Waals surface area contributed by atoms with Gasteiger partial charge in [-0.25, -0.2) is 4.98 Å². The van der Waals surface area contributed by atoms with E-state index in [9.17, 15) is 4.79 Å². The molecular weight excluding hydrogens is 346 g/mol. The summed E-state index contributed by atoms with van der Waals surface area (Å²) in [6, 6.07) is 17.3. The van der Waals surface area contributed by atoms with Gasteiger partial charge in [0.05, 0.1) is 9.88 Å². The SMILES string of the molecule is NC(=O)c1nc(C2CCNC2)sc1-c1ccc(Oc2ccccc2)cc1. The number of thiazole rings is 1. The highest BCUT2D eigenvalue weighted by Gasteiger charge is 2.24. The first-order valence-corrected chi connectivity index (χ1v) is 9.37. The molecule has 1 saturated heterocycles. The van der Waals surface area contributed by atoms with Crippen molar-refractivity contribution >= 4 is 17.2 Å². The highest BCUT2D eigenvalue weighted by molar-refractivity contribution is 7.15. The largest absolute Gasteiger partial charge is 0.457 e. The molecule has 1 aliphatic heterocycles. The third kappa shape index (κ3) is 3.47. The van der Waals surface area contributed by atoms with E-state index in [1.165, 1.54) is 0 Å². The number of amides is 1. The van der Waals surface area contributed by atoms with E-state index in [4.69, 9.17) is 10.5 Å². The van der Waals surface area contributed by atoms with Crippen LogP contribution in [0.3, 0.4) is 0 Å². The summed E-state index contributed by atoms with van der Waals surface area (Å²) in [4.78, 5) is 17.2. The molecule has 3 aromatic rings. The van der Waals surface area contributed by atoms with Gasteiger partial charge in [0.2, 0.25) is 0 Å². The molecule has 6 heteroatoms. The van der Waals surface area contributed by atoms with Crippen LogP contribution in [0.5, 0.6) is 11.5 Å². The predicted octanol–water partition coefficient (Wildman–Crippen LogP) is 3.78.